The molecule has 3 N–H and O–H groups in total. The predicted molar refractivity (Wildman–Crippen MR) is 58.1 cm³/mol. The molecule has 0 unspecified atom stereocenters. The van der Waals surface area contributed by atoms with E-state index >= 15 is 0 Å². The van der Waals surface area contributed by atoms with E-state index in [-0.39, 0.29) is 11.8 Å². The number of hydrogen-bond acceptors (Lipinski definition) is 2. The van der Waals surface area contributed by atoms with E-state index in [4.69, 9.17) is 5.73 Å². The summed E-state index contributed by atoms with van der Waals surface area (Å²) in [6, 6.07) is 0. The van der Waals surface area contributed by atoms with Gasteiger partial charge in [-0.1, -0.05) is 6.42 Å². The van der Waals surface area contributed by atoms with E-state index in [0.717, 1.165) is 19.4 Å². The van der Waals surface area contributed by atoms with Gasteiger partial charge in [0.1, 0.15) is 0 Å². The third-order valence-corrected chi connectivity index (χ3v) is 3.41. The molecule has 5 heteroatoms. The Bertz CT molecular complexity index is 194. The number of alkyl halides is 3. The van der Waals surface area contributed by atoms with Gasteiger partial charge in [0.05, 0.1) is 0 Å². The predicted octanol–water partition coefficient (Wildman–Crippen LogP) is 2.44. The van der Waals surface area contributed by atoms with E-state index in [1.54, 1.807) is 0 Å². The first kappa shape index (κ1) is 13.8. The Kier molecular flexibility index (Phi) is 5.05. The smallest absolute Gasteiger partial charge is 0.330 e. The topological polar surface area (TPSA) is 38.0 Å². The van der Waals surface area contributed by atoms with Crippen molar-refractivity contribution >= 4 is 0 Å². The minimum absolute atomic E-state index is 0.214. The van der Waals surface area contributed by atoms with Crippen LogP contribution < -0.4 is 11.1 Å². The number of rotatable bonds is 7. The van der Waals surface area contributed by atoms with Crippen LogP contribution in [0.3, 0.4) is 0 Å². The molecule has 0 spiro atoms. The lowest BCUT2D eigenvalue weighted by Crippen LogP contribution is -2.45. The Morgan fingerprint density at radius 1 is 1.19 bits per heavy atom. The van der Waals surface area contributed by atoms with Crippen LogP contribution in [0.25, 0.3) is 0 Å². The number of hydrogen-bond donors (Lipinski definition) is 2. The second-order valence-electron chi connectivity index (χ2n) is 4.81. The molecule has 0 bridgehead atoms. The van der Waals surface area contributed by atoms with Crippen LogP contribution in [0.4, 0.5) is 13.2 Å². The maximum Gasteiger partial charge on any atom is 0.389 e. The van der Waals surface area contributed by atoms with Crippen LogP contribution in [0, 0.1) is 5.41 Å². The standard InChI is InChI=1S/C11H21F3N2/c12-11(13,14)6-1-2-7-16-9-10(8-15)4-3-5-10/h16H,1-9,15H2. The quantitative estimate of drug-likeness (QED) is 0.668. The van der Waals surface area contributed by atoms with E-state index in [2.05, 4.69) is 5.32 Å². The summed E-state index contributed by atoms with van der Waals surface area (Å²) in [6.45, 7) is 2.20. The first-order valence-corrected chi connectivity index (χ1v) is 5.95. The molecule has 0 aromatic rings. The SMILES string of the molecule is NCC1(CNCCCCC(F)(F)F)CCC1. The maximum absolute atomic E-state index is 11.8. The van der Waals surface area contributed by atoms with E-state index in [9.17, 15) is 13.2 Å². The minimum atomic E-state index is -4.01. The molecule has 0 aromatic heterocycles. The van der Waals surface area contributed by atoms with Crippen LogP contribution in [0.5, 0.6) is 0 Å². The summed E-state index contributed by atoms with van der Waals surface area (Å²) < 4.78 is 35.5. The van der Waals surface area contributed by atoms with Gasteiger partial charge in [-0.15, -0.1) is 0 Å². The van der Waals surface area contributed by atoms with Crippen LogP contribution in [0.15, 0.2) is 0 Å². The molecule has 2 nitrogen and oxygen atoms in total. The number of unbranched alkanes of at least 4 members (excludes halogenated alkanes) is 1. The molecule has 0 saturated heterocycles. The molecular weight excluding hydrogens is 217 g/mol. The summed E-state index contributed by atoms with van der Waals surface area (Å²) in [7, 11) is 0. The van der Waals surface area contributed by atoms with Crippen molar-refractivity contribution in [1.29, 1.82) is 0 Å². The normalized spacial score (nSPS) is 19.5. The molecule has 0 aliphatic heterocycles. The molecule has 0 aromatic carbocycles. The molecule has 0 atom stereocenters. The van der Waals surface area contributed by atoms with Crippen molar-refractivity contribution in [2.24, 2.45) is 11.1 Å². The Balaban J connectivity index is 1.96. The Hall–Kier alpha value is -0.290. The summed E-state index contributed by atoms with van der Waals surface area (Å²) >= 11 is 0. The highest BCUT2D eigenvalue weighted by molar-refractivity contribution is 4.90. The van der Waals surface area contributed by atoms with E-state index in [1.807, 2.05) is 0 Å². The summed E-state index contributed by atoms with van der Waals surface area (Å²) in [5, 5.41) is 3.22. The first-order chi connectivity index (χ1) is 7.47. The van der Waals surface area contributed by atoms with Gasteiger partial charge in [0.25, 0.3) is 0 Å². The van der Waals surface area contributed by atoms with Crippen LogP contribution in [-0.2, 0) is 0 Å². The molecule has 0 heterocycles. The van der Waals surface area contributed by atoms with Gasteiger partial charge in [-0.3, -0.25) is 0 Å². The molecule has 16 heavy (non-hydrogen) atoms. The molecule has 0 amide bonds. The largest absolute Gasteiger partial charge is 0.389 e. The van der Waals surface area contributed by atoms with Crippen LogP contribution in [0.1, 0.15) is 38.5 Å². The van der Waals surface area contributed by atoms with Gasteiger partial charge in [0, 0.05) is 13.0 Å². The van der Waals surface area contributed by atoms with Gasteiger partial charge >= 0.3 is 6.18 Å². The van der Waals surface area contributed by atoms with E-state index in [1.165, 1.54) is 6.42 Å². The molecular formula is C11H21F3N2. The zero-order valence-electron chi connectivity index (χ0n) is 9.58. The molecule has 1 saturated carbocycles. The van der Waals surface area contributed by atoms with E-state index in [0.29, 0.717) is 19.5 Å². The highest BCUT2D eigenvalue weighted by Crippen LogP contribution is 2.39. The summed E-state index contributed by atoms with van der Waals surface area (Å²) in [5.74, 6) is 0. The Labute approximate surface area is 94.8 Å². The first-order valence-electron chi connectivity index (χ1n) is 5.95. The molecule has 1 aliphatic rings. The van der Waals surface area contributed by atoms with Crippen LogP contribution >= 0.6 is 0 Å². The fourth-order valence-electron chi connectivity index (χ4n) is 2.06. The van der Waals surface area contributed by atoms with Crippen molar-refractivity contribution in [3.63, 3.8) is 0 Å². The number of nitrogens with one attached hydrogen (secondary N) is 1. The monoisotopic (exact) mass is 238 g/mol. The lowest BCUT2D eigenvalue weighted by atomic mass is 9.69. The van der Waals surface area contributed by atoms with Gasteiger partial charge < -0.3 is 11.1 Å². The van der Waals surface area contributed by atoms with Crippen LogP contribution in [-0.4, -0.2) is 25.8 Å². The third-order valence-electron chi connectivity index (χ3n) is 3.41. The number of halogens is 3. The highest BCUT2D eigenvalue weighted by Gasteiger charge is 2.34. The fraction of sp³-hybridized carbons (Fsp3) is 1.00. The van der Waals surface area contributed by atoms with Crippen molar-refractivity contribution in [1.82, 2.24) is 5.32 Å². The number of nitrogens with two attached hydrogens (primary N) is 1. The lowest BCUT2D eigenvalue weighted by molar-refractivity contribution is -0.135. The lowest BCUT2D eigenvalue weighted by Gasteiger charge is -2.41. The van der Waals surface area contributed by atoms with Gasteiger partial charge in [-0.2, -0.15) is 13.2 Å². The average molecular weight is 238 g/mol. The van der Waals surface area contributed by atoms with E-state index < -0.39 is 12.6 Å². The second kappa shape index (κ2) is 5.87. The van der Waals surface area contributed by atoms with Crippen molar-refractivity contribution in [3.05, 3.63) is 0 Å². The third kappa shape index (κ3) is 4.70. The molecule has 1 fully saturated rings. The van der Waals surface area contributed by atoms with Gasteiger partial charge in [-0.05, 0) is 44.2 Å². The highest BCUT2D eigenvalue weighted by atomic mass is 19.4. The molecule has 1 rings (SSSR count). The second-order valence-corrected chi connectivity index (χ2v) is 4.81. The Morgan fingerprint density at radius 2 is 1.88 bits per heavy atom. The van der Waals surface area contributed by atoms with Crippen molar-refractivity contribution in [2.75, 3.05) is 19.6 Å². The van der Waals surface area contributed by atoms with Gasteiger partial charge in [-0.25, -0.2) is 0 Å². The Morgan fingerprint density at radius 3 is 2.31 bits per heavy atom. The van der Waals surface area contributed by atoms with Crippen molar-refractivity contribution in [2.45, 2.75) is 44.7 Å². The van der Waals surface area contributed by atoms with Crippen LogP contribution in [0.2, 0.25) is 0 Å². The maximum atomic E-state index is 11.8. The van der Waals surface area contributed by atoms with Gasteiger partial charge in [0.15, 0.2) is 0 Å². The average Bonchev–Trinajstić information content (AvgIpc) is 2.13. The summed E-state index contributed by atoms with van der Waals surface area (Å²) in [4.78, 5) is 0. The van der Waals surface area contributed by atoms with Crippen molar-refractivity contribution < 1.29 is 13.2 Å². The zero-order valence-corrected chi connectivity index (χ0v) is 9.58. The molecule has 1 aliphatic carbocycles. The van der Waals surface area contributed by atoms with Gasteiger partial charge in [0.2, 0.25) is 0 Å². The summed E-state index contributed by atoms with van der Waals surface area (Å²) in [5.41, 5.74) is 5.92. The molecule has 96 valence electrons. The summed E-state index contributed by atoms with van der Waals surface area (Å²) in [6.07, 6.45) is -0.347. The molecule has 0 radical (unpaired) electrons. The van der Waals surface area contributed by atoms with Crippen molar-refractivity contribution in [3.8, 4) is 0 Å². The zero-order chi connectivity index (χ0) is 12.1. The minimum Gasteiger partial charge on any atom is -0.330 e. The fourth-order valence-corrected chi connectivity index (χ4v) is 2.06.